The van der Waals surface area contributed by atoms with E-state index >= 15 is 0 Å². The number of amides is 1. The molecule has 0 spiro atoms. The lowest BCUT2D eigenvalue weighted by Crippen LogP contribution is -2.24. The molecule has 0 saturated carbocycles. The van der Waals surface area contributed by atoms with E-state index in [0.717, 1.165) is 5.56 Å². The lowest BCUT2D eigenvalue weighted by atomic mass is 10.1. The number of likely N-dealkylation sites (N-methyl/N-ethyl adjacent to an activating group) is 1. The van der Waals surface area contributed by atoms with Crippen molar-refractivity contribution in [1.29, 1.82) is 0 Å². The normalized spacial score (nSPS) is 10.9. The van der Waals surface area contributed by atoms with Crippen molar-refractivity contribution < 1.29 is 14.7 Å². The molecule has 3 aromatic rings. The number of carbonyl (C=O) groups excluding carboxylic acids is 2. The number of fused-ring (bicyclic) bond motifs is 1. The fraction of sp³-hybridized carbons (Fsp3) is 0.200. The number of benzene rings is 2. The largest absolute Gasteiger partial charge is 0.508 e. The van der Waals surface area contributed by atoms with E-state index in [1.807, 2.05) is 6.92 Å². The number of phenols is 1. The molecule has 0 atom stereocenters. The van der Waals surface area contributed by atoms with E-state index in [1.54, 1.807) is 47.9 Å². The zero-order valence-electron chi connectivity index (χ0n) is 14.5. The first kappa shape index (κ1) is 18.0. The molecule has 1 aromatic heterocycles. The second-order valence-electron chi connectivity index (χ2n) is 6.04. The molecule has 6 heteroatoms. The molecule has 2 N–H and O–H groups in total. The van der Waals surface area contributed by atoms with E-state index in [-0.39, 0.29) is 24.0 Å². The van der Waals surface area contributed by atoms with Gasteiger partial charge in [-0.05, 0) is 61.9 Å². The smallest absolute Gasteiger partial charge is 0.262 e. The van der Waals surface area contributed by atoms with Crippen LogP contribution in [-0.4, -0.2) is 28.0 Å². The number of nitrogens with one attached hydrogen (secondary N) is 1. The Bertz CT molecular complexity index is 990. The first-order chi connectivity index (χ1) is 12.4. The molecule has 0 aliphatic carbocycles. The number of rotatable bonds is 4. The summed E-state index contributed by atoms with van der Waals surface area (Å²) in [7, 11) is 0. The van der Waals surface area contributed by atoms with Gasteiger partial charge in [0.2, 0.25) is 5.91 Å². The molecular weight excluding hydrogens is 352 g/mol. The molecule has 26 heavy (non-hydrogen) atoms. The van der Waals surface area contributed by atoms with Crippen molar-refractivity contribution in [2.45, 2.75) is 20.3 Å². The number of aromatic nitrogens is 1. The highest BCUT2D eigenvalue weighted by molar-refractivity contribution is 6.30. The molecule has 1 amide bonds. The average Bonchev–Trinajstić information content (AvgIpc) is 2.87. The lowest BCUT2D eigenvalue weighted by Gasteiger charge is -2.08. The standard InChI is InChI=1S/C20H19ClN2O3/c1-3-22-19(25)11-16-12(2)23(18-9-8-15(24)10-17(16)18)20(26)13-4-6-14(21)7-5-13/h4-10,24H,3,11H2,1-2H3,(H,22,25). The molecule has 0 aliphatic rings. The maximum absolute atomic E-state index is 13.1. The minimum atomic E-state index is -0.211. The topological polar surface area (TPSA) is 71.3 Å². The van der Waals surface area contributed by atoms with Crippen molar-refractivity contribution in [2.24, 2.45) is 0 Å². The van der Waals surface area contributed by atoms with Crippen LogP contribution in [0.3, 0.4) is 0 Å². The van der Waals surface area contributed by atoms with Gasteiger partial charge in [-0.3, -0.25) is 14.2 Å². The molecule has 0 fully saturated rings. The SMILES string of the molecule is CCNC(=O)Cc1c(C)n(C(=O)c2ccc(Cl)cc2)c2ccc(O)cc12. The van der Waals surface area contributed by atoms with Crippen molar-refractivity contribution in [3.63, 3.8) is 0 Å². The van der Waals surface area contributed by atoms with E-state index < -0.39 is 0 Å². The maximum Gasteiger partial charge on any atom is 0.262 e. The van der Waals surface area contributed by atoms with E-state index in [1.165, 1.54) is 6.07 Å². The predicted octanol–water partition coefficient (Wildman–Crippen LogP) is 3.68. The van der Waals surface area contributed by atoms with Gasteiger partial charge in [0.05, 0.1) is 11.9 Å². The Morgan fingerprint density at radius 1 is 1.15 bits per heavy atom. The zero-order valence-corrected chi connectivity index (χ0v) is 15.3. The van der Waals surface area contributed by atoms with Crippen molar-refractivity contribution in [3.05, 3.63) is 64.3 Å². The Hall–Kier alpha value is -2.79. The summed E-state index contributed by atoms with van der Waals surface area (Å²) in [6, 6.07) is 11.5. The number of hydrogen-bond donors (Lipinski definition) is 2. The van der Waals surface area contributed by atoms with Gasteiger partial charge in [0, 0.05) is 28.2 Å². The van der Waals surface area contributed by atoms with Crippen molar-refractivity contribution in [3.8, 4) is 5.75 Å². The van der Waals surface area contributed by atoms with Gasteiger partial charge >= 0.3 is 0 Å². The predicted molar refractivity (Wildman–Crippen MR) is 102 cm³/mol. The van der Waals surface area contributed by atoms with Crippen LogP contribution in [0.1, 0.15) is 28.5 Å². The number of hydrogen-bond acceptors (Lipinski definition) is 3. The fourth-order valence-electron chi connectivity index (χ4n) is 3.10. The van der Waals surface area contributed by atoms with E-state index in [4.69, 9.17) is 11.6 Å². The molecule has 0 saturated heterocycles. The summed E-state index contributed by atoms with van der Waals surface area (Å²) >= 11 is 5.91. The van der Waals surface area contributed by atoms with Crippen LogP contribution < -0.4 is 5.32 Å². The third-order valence-corrected chi connectivity index (χ3v) is 4.58. The Balaban J connectivity index is 2.16. The highest BCUT2D eigenvalue weighted by atomic mass is 35.5. The van der Waals surface area contributed by atoms with Crippen LogP contribution in [0.25, 0.3) is 10.9 Å². The van der Waals surface area contributed by atoms with E-state index in [2.05, 4.69) is 5.32 Å². The lowest BCUT2D eigenvalue weighted by molar-refractivity contribution is -0.120. The van der Waals surface area contributed by atoms with Gasteiger partial charge in [-0.1, -0.05) is 11.6 Å². The van der Waals surface area contributed by atoms with Gasteiger partial charge in [0.15, 0.2) is 0 Å². The maximum atomic E-state index is 13.1. The van der Waals surface area contributed by atoms with E-state index in [0.29, 0.717) is 33.7 Å². The molecular formula is C20H19ClN2O3. The van der Waals surface area contributed by atoms with Crippen molar-refractivity contribution in [2.75, 3.05) is 6.54 Å². The second-order valence-corrected chi connectivity index (χ2v) is 6.48. The third kappa shape index (κ3) is 3.30. The van der Waals surface area contributed by atoms with Crippen LogP contribution >= 0.6 is 11.6 Å². The molecule has 0 radical (unpaired) electrons. The summed E-state index contributed by atoms with van der Waals surface area (Å²) < 4.78 is 1.58. The molecule has 2 aromatic carbocycles. The number of aromatic hydroxyl groups is 1. The van der Waals surface area contributed by atoms with Gasteiger partial charge in [-0.2, -0.15) is 0 Å². The van der Waals surface area contributed by atoms with Crippen LogP contribution in [-0.2, 0) is 11.2 Å². The Kier molecular flexibility index (Phi) is 5.00. The van der Waals surface area contributed by atoms with Crippen LogP contribution in [0.15, 0.2) is 42.5 Å². The zero-order chi connectivity index (χ0) is 18.8. The Morgan fingerprint density at radius 3 is 2.50 bits per heavy atom. The van der Waals surface area contributed by atoms with Crippen LogP contribution in [0, 0.1) is 6.92 Å². The Labute approximate surface area is 156 Å². The molecule has 0 bridgehead atoms. The third-order valence-electron chi connectivity index (χ3n) is 4.32. The van der Waals surface area contributed by atoms with Gasteiger partial charge in [-0.15, -0.1) is 0 Å². The van der Waals surface area contributed by atoms with Gasteiger partial charge in [0.1, 0.15) is 5.75 Å². The fourth-order valence-corrected chi connectivity index (χ4v) is 3.22. The quantitative estimate of drug-likeness (QED) is 0.736. The molecule has 0 unspecified atom stereocenters. The minimum Gasteiger partial charge on any atom is -0.508 e. The highest BCUT2D eigenvalue weighted by Crippen LogP contribution is 2.30. The summed E-state index contributed by atoms with van der Waals surface area (Å²) in [4.78, 5) is 25.2. The van der Waals surface area contributed by atoms with Gasteiger partial charge in [0.25, 0.3) is 5.91 Å². The number of phenolic OH excluding ortho intramolecular Hbond substituents is 1. The minimum absolute atomic E-state index is 0.0886. The molecule has 5 nitrogen and oxygen atoms in total. The summed E-state index contributed by atoms with van der Waals surface area (Å²) in [5, 5.41) is 13.9. The monoisotopic (exact) mass is 370 g/mol. The van der Waals surface area contributed by atoms with Crippen molar-refractivity contribution in [1.82, 2.24) is 9.88 Å². The summed E-state index contributed by atoms with van der Waals surface area (Å²) in [6.45, 7) is 4.19. The summed E-state index contributed by atoms with van der Waals surface area (Å²) in [5.41, 5.74) is 2.55. The molecule has 0 aliphatic heterocycles. The Morgan fingerprint density at radius 2 is 1.85 bits per heavy atom. The first-order valence-corrected chi connectivity index (χ1v) is 8.70. The van der Waals surface area contributed by atoms with E-state index in [9.17, 15) is 14.7 Å². The summed E-state index contributed by atoms with van der Waals surface area (Å²) in [5.74, 6) is -0.250. The number of halogens is 1. The van der Waals surface area contributed by atoms with Crippen LogP contribution in [0.4, 0.5) is 0 Å². The van der Waals surface area contributed by atoms with Crippen molar-refractivity contribution >= 4 is 34.3 Å². The number of nitrogens with zero attached hydrogens (tertiary/aromatic N) is 1. The van der Waals surface area contributed by atoms with Crippen LogP contribution in [0.5, 0.6) is 5.75 Å². The molecule has 134 valence electrons. The van der Waals surface area contributed by atoms with Gasteiger partial charge < -0.3 is 10.4 Å². The number of carbonyl (C=O) groups is 2. The van der Waals surface area contributed by atoms with Crippen LogP contribution in [0.2, 0.25) is 5.02 Å². The molecule has 1 heterocycles. The summed E-state index contributed by atoms with van der Waals surface area (Å²) in [6.07, 6.45) is 0.139. The second kappa shape index (κ2) is 7.22. The van der Waals surface area contributed by atoms with Gasteiger partial charge in [-0.25, -0.2) is 0 Å². The highest BCUT2D eigenvalue weighted by Gasteiger charge is 2.21. The first-order valence-electron chi connectivity index (χ1n) is 8.32. The molecule has 3 rings (SSSR count). The average molecular weight is 371 g/mol.